The Bertz CT molecular complexity index is 565. The molecule has 0 fully saturated rings. The fraction of sp³-hybridized carbons (Fsp3) is 0.500. The molecule has 0 saturated heterocycles. The van der Waals surface area contributed by atoms with Gasteiger partial charge in [0.15, 0.2) is 0 Å². The molecule has 0 bridgehead atoms. The second-order valence-corrected chi connectivity index (χ2v) is 4.98. The Morgan fingerprint density at radius 3 is 2.90 bits per heavy atom. The zero-order valence-corrected chi connectivity index (χ0v) is 12.3. The largest absolute Gasteiger partial charge is 0.459 e. The Morgan fingerprint density at radius 1 is 1.40 bits per heavy atom. The molecule has 0 saturated carbocycles. The van der Waals surface area contributed by atoms with Crippen LogP contribution in [0.25, 0.3) is 11.0 Å². The van der Waals surface area contributed by atoms with E-state index >= 15 is 0 Å². The maximum absolute atomic E-state index is 13.3. The predicted molar refractivity (Wildman–Crippen MR) is 78.4 cm³/mol. The topological polar surface area (TPSA) is 34.4 Å². The first-order valence-electron chi connectivity index (χ1n) is 7.08. The van der Waals surface area contributed by atoms with Gasteiger partial charge in [0.25, 0.3) is 0 Å². The molecular formula is C16H22FNO2. The molecule has 110 valence electrons. The van der Waals surface area contributed by atoms with Crippen LogP contribution in [-0.2, 0) is 4.74 Å². The number of rotatable bonds is 7. The second-order valence-electron chi connectivity index (χ2n) is 4.98. The summed E-state index contributed by atoms with van der Waals surface area (Å²) in [6.45, 7) is 5.65. The van der Waals surface area contributed by atoms with Gasteiger partial charge in [0.2, 0.25) is 0 Å². The molecule has 4 heteroatoms. The van der Waals surface area contributed by atoms with Gasteiger partial charge in [-0.15, -0.1) is 0 Å². The van der Waals surface area contributed by atoms with Gasteiger partial charge in [0.1, 0.15) is 17.2 Å². The SMILES string of the molecule is CCNC(CCCOC)c1oc2ccc(F)cc2c1C. The Kier molecular flexibility index (Phi) is 5.15. The Morgan fingerprint density at radius 2 is 2.20 bits per heavy atom. The van der Waals surface area contributed by atoms with Crippen molar-refractivity contribution in [3.8, 4) is 0 Å². The maximum Gasteiger partial charge on any atom is 0.134 e. The number of halogens is 1. The molecule has 1 unspecified atom stereocenters. The summed E-state index contributed by atoms with van der Waals surface area (Å²) in [6.07, 6.45) is 1.89. The summed E-state index contributed by atoms with van der Waals surface area (Å²) >= 11 is 0. The molecule has 2 rings (SSSR count). The van der Waals surface area contributed by atoms with Crippen LogP contribution >= 0.6 is 0 Å². The summed E-state index contributed by atoms with van der Waals surface area (Å²) in [6, 6.07) is 4.81. The molecule has 0 aliphatic rings. The summed E-state index contributed by atoms with van der Waals surface area (Å²) in [5.41, 5.74) is 1.76. The first-order valence-corrected chi connectivity index (χ1v) is 7.08. The van der Waals surface area contributed by atoms with Crippen molar-refractivity contribution >= 4 is 11.0 Å². The molecule has 20 heavy (non-hydrogen) atoms. The molecule has 1 heterocycles. The van der Waals surface area contributed by atoms with E-state index in [4.69, 9.17) is 9.15 Å². The first kappa shape index (κ1) is 15.0. The van der Waals surface area contributed by atoms with E-state index in [0.29, 0.717) is 0 Å². The molecule has 0 amide bonds. The van der Waals surface area contributed by atoms with Gasteiger partial charge in [-0.1, -0.05) is 6.92 Å². The molecule has 1 aromatic heterocycles. The number of hydrogen-bond donors (Lipinski definition) is 1. The van der Waals surface area contributed by atoms with Crippen molar-refractivity contribution in [3.63, 3.8) is 0 Å². The van der Waals surface area contributed by atoms with Crippen molar-refractivity contribution in [2.75, 3.05) is 20.3 Å². The van der Waals surface area contributed by atoms with Crippen LogP contribution < -0.4 is 5.32 Å². The van der Waals surface area contributed by atoms with E-state index in [9.17, 15) is 4.39 Å². The molecule has 1 atom stereocenters. The number of benzene rings is 1. The van der Waals surface area contributed by atoms with Crippen molar-refractivity contribution < 1.29 is 13.5 Å². The van der Waals surface area contributed by atoms with Crippen LogP contribution in [0.4, 0.5) is 4.39 Å². The standard InChI is InChI=1S/C16H22FNO2/c1-4-18-14(6-5-9-19-3)16-11(2)13-10-12(17)7-8-15(13)20-16/h7-8,10,14,18H,4-6,9H2,1-3H3. The van der Waals surface area contributed by atoms with Crippen molar-refractivity contribution in [2.24, 2.45) is 0 Å². The number of furan rings is 1. The van der Waals surface area contributed by atoms with E-state index in [2.05, 4.69) is 12.2 Å². The summed E-state index contributed by atoms with van der Waals surface area (Å²) in [5, 5.41) is 4.29. The summed E-state index contributed by atoms with van der Waals surface area (Å²) in [7, 11) is 1.71. The fourth-order valence-corrected chi connectivity index (χ4v) is 2.55. The fourth-order valence-electron chi connectivity index (χ4n) is 2.55. The smallest absolute Gasteiger partial charge is 0.134 e. The van der Waals surface area contributed by atoms with Crippen LogP contribution in [-0.4, -0.2) is 20.3 Å². The number of nitrogens with one attached hydrogen (secondary N) is 1. The van der Waals surface area contributed by atoms with E-state index in [1.165, 1.54) is 12.1 Å². The van der Waals surface area contributed by atoms with Gasteiger partial charge in [0, 0.05) is 24.7 Å². The average Bonchev–Trinajstić information content (AvgIpc) is 2.75. The van der Waals surface area contributed by atoms with Crippen LogP contribution in [0.5, 0.6) is 0 Å². The molecule has 0 aliphatic carbocycles. The normalized spacial score (nSPS) is 13.0. The number of ether oxygens (including phenoxy) is 1. The average molecular weight is 279 g/mol. The first-order chi connectivity index (χ1) is 9.67. The number of aryl methyl sites for hydroxylation is 1. The third kappa shape index (κ3) is 3.19. The third-order valence-corrected chi connectivity index (χ3v) is 3.54. The molecular weight excluding hydrogens is 257 g/mol. The molecule has 0 aliphatic heterocycles. The molecule has 0 radical (unpaired) electrons. The molecule has 1 aromatic carbocycles. The second kappa shape index (κ2) is 6.86. The lowest BCUT2D eigenvalue weighted by Crippen LogP contribution is -2.21. The highest BCUT2D eigenvalue weighted by Crippen LogP contribution is 2.31. The van der Waals surface area contributed by atoms with E-state index in [1.807, 2.05) is 6.92 Å². The minimum Gasteiger partial charge on any atom is -0.459 e. The monoisotopic (exact) mass is 279 g/mol. The summed E-state index contributed by atoms with van der Waals surface area (Å²) in [5.74, 6) is 0.677. The van der Waals surface area contributed by atoms with E-state index in [1.54, 1.807) is 13.2 Å². The number of hydrogen-bond acceptors (Lipinski definition) is 3. The predicted octanol–water partition coefficient (Wildman–Crippen LogP) is 3.96. The lowest BCUT2D eigenvalue weighted by molar-refractivity contribution is 0.187. The summed E-state index contributed by atoms with van der Waals surface area (Å²) in [4.78, 5) is 0. The lowest BCUT2D eigenvalue weighted by atomic mass is 10.0. The highest BCUT2D eigenvalue weighted by atomic mass is 19.1. The van der Waals surface area contributed by atoms with Crippen LogP contribution in [0.1, 0.15) is 37.1 Å². The van der Waals surface area contributed by atoms with Gasteiger partial charge in [-0.05, 0) is 44.5 Å². The third-order valence-electron chi connectivity index (χ3n) is 3.54. The van der Waals surface area contributed by atoms with Gasteiger partial charge in [0.05, 0.1) is 6.04 Å². The minimum atomic E-state index is -0.229. The van der Waals surface area contributed by atoms with E-state index in [0.717, 1.165) is 48.3 Å². The highest BCUT2D eigenvalue weighted by Gasteiger charge is 2.19. The molecule has 3 nitrogen and oxygen atoms in total. The van der Waals surface area contributed by atoms with Crippen LogP contribution in [0.15, 0.2) is 22.6 Å². The Hall–Kier alpha value is -1.39. The zero-order valence-electron chi connectivity index (χ0n) is 12.3. The molecule has 0 spiro atoms. The van der Waals surface area contributed by atoms with Crippen LogP contribution in [0.2, 0.25) is 0 Å². The van der Waals surface area contributed by atoms with Crippen molar-refractivity contribution in [3.05, 3.63) is 35.3 Å². The Balaban J connectivity index is 2.29. The molecule has 1 N–H and O–H groups in total. The van der Waals surface area contributed by atoms with Crippen molar-refractivity contribution in [2.45, 2.75) is 32.7 Å². The quantitative estimate of drug-likeness (QED) is 0.779. The van der Waals surface area contributed by atoms with Crippen LogP contribution in [0.3, 0.4) is 0 Å². The van der Waals surface area contributed by atoms with E-state index in [-0.39, 0.29) is 11.9 Å². The van der Waals surface area contributed by atoms with Gasteiger partial charge in [-0.2, -0.15) is 0 Å². The van der Waals surface area contributed by atoms with Crippen LogP contribution in [0, 0.1) is 12.7 Å². The van der Waals surface area contributed by atoms with Crippen molar-refractivity contribution in [1.29, 1.82) is 0 Å². The lowest BCUT2D eigenvalue weighted by Gasteiger charge is -2.16. The maximum atomic E-state index is 13.3. The highest BCUT2D eigenvalue weighted by molar-refractivity contribution is 5.82. The van der Waals surface area contributed by atoms with Gasteiger partial charge >= 0.3 is 0 Å². The summed E-state index contributed by atoms with van der Waals surface area (Å²) < 4.78 is 24.4. The van der Waals surface area contributed by atoms with E-state index < -0.39 is 0 Å². The number of methoxy groups -OCH3 is 1. The van der Waals surface area contributed by atoms with Gasteiger partial charge in [-0.3, -0.25) is 0 Å². The minimum absolute atomic E-state index is 0.144. The van der Waals surface area contributed by atoms with Gasteiger partial charge in [-0.25, -0.2) is 4.39 Å². The Labute approximate surface area is 119 Å². The number of fused-ring (bicyclic) bond motifs is 1. The molecule has 2 aromatic rings. The van der Waals surface area contributed by atoms with Gasteiger partial charge < -0.3 is 14.5 Å². The van der Waals surface area contributed by atoms with Crippen molar-refractivity contribution in [1.82, 2.24) is 5.32 Å². The zero-order chi connectivity index (χ0) is 14.5.